The molecular weight excluding hydrogens is 435 g/mol. The molecule has 2 saturated heterocycles. The number of carbonyl (C=O) groups excluding carboxylic acids is 1. The number of likely N-dealkylation sites (tertiary alicyclic amines) is 1. The summed E-state index contributed by atoms with van der Waals surface area (Å²) < 4.78 is 40.9. The third kappa shape index (κ3) is 5.54. The Morgan fingerprint density at radius 1 is 1.03 bits per heavy atom. The van der Waals surface area contributed by atoms with Crippen LogP contribution in [0.5, 0.6) is 0 Å². The smallest absolute Gasteiger partial charge is 0.252 e. The van der Waals surface area contributed by atoms with Gasteiger partial charge in [-0.2, -0.15) is 4.31 Å². The van der Waals surface area contributed by atoms with Crippen molar-refractivity contribution in [3.63, 3.8) is 0 Å². The first kappa shape index (κ1) is 22.4. The summed E-state index contributed by atoms with van der Waals surface area (Å²) in [5, 5.41) is 0. The summed E-state index contributed by atoms with van der Waals surface area (Å²) in [6.45, 7) is 2.56. The molecule has 0 atom stereocenters. The maximum absolute atomic E-state index is 13.4. The molecule has 0 spiro atoms. The van der Waals surface area contributed by atoms with Crippen LogP contribution >= 0.6 is 11.3 Å². The predicted molar refractivity (Wildman–Crippen MR) is 120 cm³/mol. The molecule has 5 nitrogen and oxygen atoms in total. The second kappa shape index (κ2) is 9.79. The number of nitrogens with zero attached hydrogens (tertiary/aromatic N) is 2. The lowest BCUT2D eigenvalue weighted by Crippen LogP contribution is -2.39. The van der Waals surface area contributed by atoms with Crippen molar-refractivity contribution in [2.45, 2.75) is 49.2 Å². The molecule has 2 aliphatic rings. The van der Waals surface area contributed by atoms with E-state index >= 15 is 0 Å². The SMILES string of the molecule is O=C(Cc1ccc(S(=O)(=O)N2CCCCC2)s1)N1CCC(Cc2cccc(F)c2)CC1. The van der Waals surface area contributed by atoms with Crippen molar-refractivity contribution in [2.24, 2.45) is 5.92 Å². The number of amides is 1. The molecule has 31 heavy (non-hydrogen) atoms. The maximum Gasteiger partial charge on any atom is 0.252 e. The number of sulfonamides is 1. The number of hydrogen-bond donors (Lipinski definition) is 0. The molecule has 2 fully saturated rings. The molecule has 1 aromatic heterocycles. The van der Waals surface area contributed by atoms with Crippen LogP contribution in [-0.4, -0.2) is 49.7 Å². The normalized spacial score (nSPS) is 18.9. The number of halogens is 1. The number of thiophene rings is 1. The van der Waals surface area contributed by atoms with Crippen LogP contribution in [0.1, 0.15) is 42.5 Å². The average Bonchev–Trinajstić information content (AvgIpc) is 3.24. The van der Waals surface area contributed by atoms with E-state index in [9.17, 15) is 17.6 Å². The Morgan fingerprint density at radius 2 is 1.77 bits per heavy atom. The Balaban J connectivity index is 1.29. The zero-order valence-corrected chi connectivity index (χ0v) is 19.3. The first-order valence-corrected chi connectivity index (χ1v) is 13.3. The van der Waals surface area contributed by atoms with E-state index in [0.29, 0.717) is 36.3 Å². The highest BCUT2D eigenvalue weighted by Crippen LogP contribution is 2.28. The minimum absolute atomic E-state index is 0.0491. The highest BCUT2D eigenvalue weighted by molar-refractivity contribution is 7.91. The Morgan fingerprint density at radius 3 is 2.48 bits per heavy atom. The fourth-order valence-electron chi connectivity index (χ4n) is 4.47. The fraction of sp³-hybridized carbons (Fsp3) is 0.522. The second-order valence-corrected chi connectivity index (χ2v) is 11.9. The fourth-order valence-corrected chi connectivity index (χ4v) is 7.49. The number of piperidine rings is 2. The summed E-state index contributed by atoms with van der Waals surface area (Å²) in [6, 6.07) is 10.2. The van der Waals surface area contributed by atoms with Crippen molar-refractivity contribution in [3.8, 4) is 0 Å². The summed E-state index contributed by atoms with van der Waals surface area (Å²) in [5.41, 5.74) is 1.01. The van der Waals surface area contributed by atoms with Gasteiger partial charge in [0.15, 0.2) is 0 Å². The monoisotopic (exact) mass is 464 g/mol. The van der Waals surface area contributed by atoms with Gasteiger partial charge in [-0.15, -0.1) is 11.3 Å². The van der Waals surface area contributed by atoms with Crippen LogP contribution < -0.4 is 0 Å². The Bertz CT molecular complexity index is 1010. The first-order chi connectivity index (χ1) is 14.9. The standard InChI is InChI=1S/C23H29FN2O3S2/c24-20-6-4-5-19(16-20)15-18-9-13-25(14-10-18)22(27)17-21-7-8-23(30-21)31(28,29)26-11-2-1-3-12-26/h4-8,16,18H,1-3,9-15,17H2. The van der Waals surface area contributed by atoms with Crippen molar-refractivity contribution in [2.75, 3.05) is 26.2 Å². The number of benzene rings is 1. The average molecular weight is 465 g/mol. The summed E-state index contributed by atoms with van der Waals surface area (Å²) in [5.74, 6) is 0.296. The first-order valence-electron chi connectivity index (χ1n) is 11.0. The van der Waals surface area contributed by atoms with Crippen LogP contribution in [0.3, 0.4) is 0 Å². The van der Waals surface area contributed by atoms with Crippen LogP contribution in [-0.2, 0) is 27.7 Å². The Labute approximate surface area is 187 Å². The van der Waals surface area contributed by atoms with Crippen LogP contribution in [0.15, 0.2) is 40.6 Å². The molecule has 2 aromatic rings. The quantitative estimate of drug-likeness (QED) is 0.647. The van der Waals surface area contributed by atoms with Gasteiger partial charge in [0.05, 0.1) is 6.42 Å². The summed E-state index contributed by atoms with van der Waals surface area (Å²) in [4.78, 5) is 15.4. The van der Waals surface area contributed by atoms with Crippen LogP contribution in [0, 0.1) is 11.7 Å². The zero-order chi connectivity index (χ0) is 21.8. The minimum atomic E-state index is -3.44. The molecule has 4 rings (SSSR count). The van der Waals surface area contributed by atoms with Gasteiger partial charge in [-0.25, -0.2) is 12.8 Å². The largest absolute Gasteiger partial charge is 0.342 e. The molecule has 0 bridgehead atoms. The topological polar surface area (TPSA) is 57.7 Å². The molecule has 0 radical (unpaired) electrons. The lowest BCUT2D eigenvalue weighted by molar-refractivity contribution is -0.131. The molecule has 168 valence electrons. The lowest BCUT2D eigenvalue weighted by atomic mass is 9.90. The highest BCUT2D eigenvalue weighted by Gasteiger charge is 2.28. The molecular formula is C23H29FN2O3S2. The molecule has 8 heteroatoms. The van der Waals surface area contributed by atoms with Crippen LogP contribution in [0.4, 0.5) is 4.39 Å². The molecule has 1 aromatic carbocycles. The van der Waals surface area contributed by atoms with Gasteiger partial charge in [-0.3, -0.25) is 4.79 Å². The van der Waals surface area contributed by atoms with Gasteiger partial charge in [-0.1, -0.05) is 18.6 Å². The predicted octanol–water partition coefficient (Wildman–Crippen LogP) is 4.09. The van der Waals surface area contributed by atoms with Gasteiger partial charge in [0.1, 0.15) is 10.0 Å². The van der Waals surface area contributed by atoms with Crippen molar-refractivity contribution < 1.29 is 17.6 Å². The molecule has 2 aliphatic heterocycles. The summed E-state index contributed by atoms with van der Waals surface area (Å²) in [7, 11) is -3.44. The third-order valence-corrected chi connectivity index (χ3v) is 9.70. The highest BCUT2D eigenvalue weighted by atomic mass is 32.2. The van der Waals surface area contributed by atoms with Gasteiger partial charge < -0.3 is 4.90 Å². The van der Waals surface area contributed by atoms with Crippen LogP contribution in [0.25, 0.3) is 0 Å². The molecule has 3 heterocycles. The molecule has 1 amide bonds. The molecule has 0 aliphatic carbocycles. The van der Waals surface area contributed by atoms with Crippen LogP contribution in [0.2, 0.25) is 0 Å². The molecule has 0 saturated carbocycles. The van der Waals surface area contributed by atoms with E-state index in [0.717, 1.165) is 49.0 Å². The zero-order valence-electron chi connectivity index (χ0n) is 17.6. The van der Waals surface area contributed by atoms with E-state index < -0.39 is 10.0 Å². The minimum Gasteiger partial charge on any atom is -0.342 e. The number of hydrogen-bond acceptors (Lipinski definition) is 4. The second-order valence-electron chi connectivity index (χ2n) is 8.52. The van der Waals surface area contributed by atoms with Gasteiger partial charge >= 0.3 is 0 Å². The van der Waals surface area contributed by atoms with Crippen molar-refractivity contribution >= 4 is 27.3 Å². The number of rotatable bonds is 6. The van der Waals surface area contributed by atoms with E-state index in [4.69, 9.17) is 0 Å². The third-order valence-electron chi connectivity index (χ3n) is 6.25. The molecule has 0 N–H and O–H groups in total. The number of carbonyl (C=O) groups is 1. The van der Waals surface area contributed by atoms with Gasteiger partial charge in [0, 0.05) is 31.1 Å². The van der Waals surface area contributed by atoms with Gasteiger partial charge in [0.25, 0.3) is 10.0 Å². The van der Waals surface area contributed by atoms with Gasteiger partial charge in [-0.05, 0) is 67.9 Å². The van der Waals surface area contributed by atoms with E-state index in [1.54, 1.807) is 28.6 Å². The van der Waals surface area contributed by atoms with E-state index in [1.807, 2.05) is 11.0 Å². The lowest BCUT2D eigenvalue weighted by Gasteiger charge is -2.32. The van der Waals surface area contributed by atoms with Gasteiger partial charge in [0.2, 0.25) is 5.91 Å². The Hall–Kier alpha value is -1.77. The van der Waals surface area contributed by atoms with Crippen molar-refractivity contribution in [1.82, 2.24) is 9.21 Å². The van der Waals surface area contributed by atoms with E-state index in [2.05, 4.69) is 0 Å². The molecule has 0 unspecified atom stereocenters. The van der Waals surface area contributed by atoms with Crippen molar-refractivity contribution in [1.29, 1.82) is 0 Å². The summed E-state index contributed by atoms with van der Waals surface area (Å²) >= 11 is 1.22. The van der Waals surface area contributed by atoms with E-state index in [1.165, 1.54) is 17.4 Å². The summed E-state index contributed by atoms with van der Waals surface area (Å²) in [6.07, 6.45) is 5.78. The van der Waals surface area contributed by atoms with E-state index in [-0.39, 0.29) is 18.1 Å². The van der Waals surface area contributed by atoms with Crippen molar-refractivity contribution in [3.05, 3.63) is 52.7 Å². The maximum atomic E-state index is 13.4. The Kier molecular flexibility index (Phi) is 7.08.